The average molecular weight is 314 g/mol. The van der Waals surface area contributed by atoms with Crippen LogP contribution in [0.25, 0.3) is 0 Å². The summed E-state index contributed by atoms with van der Waals surface area (Å²) in [6.45, 7) is 1.75. The fourth-order valence-corrected chi connectivity index (χ4v) is 2.33. The van der Waals surface area contributed by atoms with Gasteiger partial charge in [-0.05, 0) is 42.8 Å². The van der Waals surface area contributed by atoms with Crippen molar-refractivity contribution in [1.29, 1.82) is 0 Å². The van der Waals surface area contributed by atoms with Crippen LogP contribution in [0.5, 0.6) is 5.75 Å². The minimum absolute atomic E-state index is 0.0654. The van der Waals surface area contributed by atoms with Crippen LogP contribution in [0.3, 0.4) is 0 Å². The summed E-state index contributed by atoms with van der Waals surface area (Å²) in [6, 6.07) is 10.5. The maximum absolute atomic E-state index is 12.9. The highest BCUT2D eigenvalue weighted by Gasteiger charge is 2.18. The third-order valence-electron chi connectivity index (χ3n) is 3.59. The van der Waals surface area contributed by atoms with Crippen molar-refractivity contribution >= 4 is 17.5 Å². The quantitative estimate of drug-likeness (QED) is 0.915. The molecule has 118 valence electrons. The molecule has 0 spiro atoms. The van der Waals surface area contributed by atoms with Crippen LogP contribution >= 0.6 is 0 Å². The molecule has 0 aromatic heterocycles. The molecule has 2 aromatic carbocycles. The van der Waals surface area contributed by atoms with Crippen molar-refractivity contribution in [3.63, 3.8) is 0 Å². The smallest absolute Gasteiger partial charge is 0.262 e. The Bertz CT molecular complexity index is 759. The van der Waals surface area contributed by atoms with Gasteiger partial charge in [-0.25, -0.2) is 4.39 Å². The summed E-state index contributed by atoms with van der Waals surface area (Å²) >= 11 is 0. The Labute approximate surface area is 132 Å². The van der Waals surface area contributed by atoms with Crippen molar-refractivity contribution in [3.05, 3.63) is 59.4 Å². The number of amides is 2. The van der Waals surface area contributed by atoms with Gasteiger partial charge in [0.25, 0.3) is 11.8 Å². The zero-order valence-corrected chi connectivity index (χ0v) is 12.4. The molecule has 0 saturated heterocycles. The lowest BCUT2D eigenvalue weighted by molar-refractivity contribution is -0.118. The van der Waals surface area contributed by atoms with E-state index >= 15 is 0 Å². The summed E-state index contributed by atoms with van der Waals surface area (Å²) in [4.78, 5) is 23.5. The van der Waals surface area contributed by atoms with E-state index in [2.05, 4.69) is 10.6 Å². The highest BCUT2D eigenvalue weighted by atomic mass is 19.1. The van der Waals surface area contributed by atoms with Gasteiger partial charge >= 0.3 is 0 Å². The molecule has 1 unspecified atom stereocenters. The standard InChI is InChI=1S/C17H15FN2O3/c1-10(11-2-5-13(18)6-3-11)19-17(22)12-4-7-14-15(8-12)23-9-16(21)20-14/h2-8,10H,9H2,1H3,(H,19,22)(H,20,21). The van der Waals surface area contributed by atoms with E-state index in [9.17, 15) is 14.0 Å². The number of halogens is 1. The van der Waals surface area contributed by atoms with Gasteiger partial charge < -0.3 is 15.4 Å². The van der Waals surface area contributed by atoms with E-state index in [4.69, 9.17) is 4.74 Å². The van der Waals surface area contributed by atoms with Gasteiger partial charge in [0, 0.05) is 5.56 Å². The molecule has 6 heteroatoms. The van der Waals surface area contributed by atoms with E-state index in [1.54, 1.807) is 30.3 Å². The van der Waals surface area contributed by atoms with Crippen molar-refractivity contribution in [1.82, 2.24) is 5.32 Å². The maximum Gasteiger partial charge on any atom is 0.262 e. The molecule has 0 fully saturated rings. The Hall–Kier alpha value is -2.89. The second-order valence-corrected chi connectivity index (χ2v) is 5.29. The van der Waals surface area contributed by atoms with Crippen LogP contribution in [0.15, 0.2) is 42.5 Å². The number of nitrogens with one attached hydrogen (secondary N) is 2. The molecule has 1 aliphatic rings. The molecule has 23 heavy (non-hydrogen) atoms. The van der Waals surface area contributed by atoms with Gasteiger partial charge in [0.05, 0.1) is 11.7 Å². The predicted molar refractivity (Wildman–Crippen MR) is 82.8 cm³/mol. The molecule has 0 radical (unpaired) electrons. The Morgan fingerprint density at radius 1 is 1.26 bits per heavy atom. The van der Waals surface area contributed by atoms with Crippen LogP contribution in [0.1, 0.15) is 28.9 Å². The van der Waals surface area contributed by atoms with Gasteiger partial charge in [0.15, 0.2) is 6.61 Å². The van der Waals surface area contributed by atoms with Crippen molar-refractivity contribution in [2.24, 2.45) is 0 Å². The molecule has 0 bridgehead atoms. The minimum atomic E-state index is -0.318. The van der Waals surface area contributed by atoms with E-state index in [1.807, 2.05) is 6.92 Å². The number of hydrogen-bond donors (Lipinski definition) is 2. The molecule has 2 amide bonds. The third kappa shape index (κ3) is 3.31. The Kier molecular flexibility index (Phi) is 3.97. The normalized spacial score (nSPS) is 14.3. The number of rotatable bonds is 3. The molecule has 3 rings (SSSR count). The van der Waals surface area contributed by atoms with E-state index in [1.165, 1.54) is 12.1 Å². The summed E-state index contributed by atoms with van der Waals surface area (Å²) in [5.74, 6) is -0.349. The van der Waals surface area contributed by atoms with Crippen molar-refractivity contribution in [2.75, 3.05) is 11.9 Å². The van der Waals surface area contributed by atoms with Crippen LogP contribution in [0.2, 0.25) is 0 Å². The first-order valence-electron chi connectivity index (χ1n) is 7.16. The van der Waals surface area contributed by atoms with E-state index < -0.39 is 0 Å². The fourth-order valence-electron chi connectivity index (χ4n) is 2.33. The summed E-state index contributed by atoms with van der Waals surface area (Å²) in [6.07, 6.45) is 0. The van der Waals surface area contributed by atoms with Crippen LogP contribution in [-0.2, 0) is 4.79 Å². The van der Waals surface area contributed by atoms with Crippen molar-refractivity contribution in [2.45, 2.75) is 13.0 Å². The lowest BCUT2D eigenvalue weighted by Crippen LogP contribution is -2.28. The number of hydrogen-bond acceptors (Lipinski definition) is 3. The first-order valence-corrected chi connectivity index (χ1v) is 7.16. The lowest BCUT2D eigenvalue weighted by Gasteiger charge is -2.19. The highest BCUT2D eigenvalue weighted by molar-refractivity contribution is 5.99. The van der Waals surface area contributed by atoms with Gasteiger partial charge in [-0.15, -0.1) is 0 Å². The molecular formula is C17H15FN2O3. The molecule has 5 nitrogen and oxygen atoms in total. The van der Waals surface area contributed by atoms with Crippen LogP contribution < -0.4 is 15.4 Å². The molecule has 0 saturated carbocycles. The van der Waals surface area contributed by atoms with Gasteiger partial charge in [-0.2, -0.15) is 0 Å². The predicted octanol–water partition coefficient (Wildman–Crippen LogP) is 2.65. The third-order valence-corrected chi connectivity index (χ3v) is 3.59. The van der Waals surface area contributed by atoms with Crippen LogP contribution in [0, 0.1) is 5.82 Å². The summed E-state index contributed by atoms with van der Waals surface area (Å²) in [5.41, 5.74) is 1.78. The van der Waals surface area contributed by atoms with Gasteiger partial charge in [0.1, 0.15) is 11.6 Å². The van der Waals surface area contributed by atoms with Crippen molar-refractivity contribution < 1.29 is 18.7 Å². The SMILES string of the molecule is CC(NC(=O)c1ccc2c(c1)OCC(=O)N2)c1ccc(F)cc1. The summed E-state index contributed by atoms with van der Waals surface area (Å²) < 4.78 is 18.2. The Morgan fingerprint density at radius 3 is 2.74 bits per heavy atom. The molecule has 2 aromatic rings. The first kappa shape index (κ1) is 15.0. The average Bonchev–Trinajstić information content (AvgIpc) is 2.54. The van der Waals surface area contributed by atoms with Crippen LogP contribution in [0.4, 0.5) is 10.1 Å². The van der Waals surface area contributed by atoms with Gasteiger partial charge in [-0.1, -0.05) is 12.1 Å². The molecular weight excluding hydrogens is 299 g/mol. The number of fused-ring (bicyclic) bond motifs is 1. The van der Waals surface area contributed by atoms with Gasteiger partial charge in [0.2, 0.25) is 0 Å². The Morgan fingerprint density at radius 2 is 2.00 bits per heavy atom. The summed E-state index contributed by atoms with van der Waals surface area (Å²) in [5, 5.41) is 5.51. The molecule has 2 N–H and O–H groups in total. The molecule has 1 heterocycles. The number of carbonyl (C=O) groups is 2. The molecule has 1 aliphatic heterocycles. The van der Waals surface area contributed by atoms with E-state index in [0.29, 0.717) is 17.0 Å². The lowest BCUT2D eigenvalue weighted by atomic mass is 10.1. The monoisotopic (exact) mass is 314 g/mol. The van der Waals surface area contributed by atoms with Gasteiger partial charge in [-0.3, -0.25) is 9.59 Å². The zero-order valence-electron chi connectivity index (χ0n) is 12.4. The molecule has 1 atom stereocenters. The highest BCUT2D eigenvalue weighted by Crippen LogP contribution is 2.28. The number of benzene rings is 2. The van der Waals surface area contributed by atoms with Crippen LogP contribution in [-0.4, -0.2) is 18.4 Å². The number of carbonyl (C=O) groups excluding carboxylic acids is 2. The largest absolute Gasteiger partial charge is 0.482 e. The number of ether oxygens (including phenoxy) is 1. The van der Waals surface area contributed by atoms with E-state index in [-0.39, 0.29) is 30.3 Å². The maximum atomic E-state index is 12.9. The Balaban J connectivity index is 1.73. The second-order valence-electron chi connectivity index (χ2n) is 5.29. The van der Waals surface area contributed by atoms with Crippen molar-refractivity contribution in [3.8, 4) is 5.75 Å². The minimum Gasteiger partial charge on any atom is -0.482 e. The first-order chi connectivity index (χ1) is 11.0. The topological polar surface area (TPSA) is 67.4 Å². The summed E-state index contributed by atoms with van der Waals surface area (Å²) in [7, 11) is 0. The van der Waals surface area contributed by atoms with E-state index in [0.717, 1.165) is 5.56 Å². The zero-order chi connectivity index (χ0) is 16.4. The fraction of sp³-hybridized carbons (Fsp3) is 0.176. The molecule has 0 aliphatic carbocycles. The second kappa shape index (κ2) is 6.08. The number of anilines is 1.